The molecule has 2 N–H and O–H groups in total. The van der Waals surface area contributed by atoms with Crippen molar-refractivity contribution in [3.63, 3.8) is 0 Å². The highest BCUT2D eigenvalue weighted by Crippen LogP contribution is 2.11. The van der Waals surface area contributed by atoms with E-state index >= 15 is 0 Å². The van der Waals surface area contributed by atoms with Crippen LogP contribution >= 0.6 is 0 Å². The van der Waals surface area contributed by atoms with Gasteiger partial charge >= 0.3 is 0 Å². The standard InChI is InChI=1S/C4H9N2O/c1-3-4(5)2-6(3)7/h3-4H,2,5H2,1H3/q-1. The van der Waals surface area contributed by atoms with Crippen molar-refractivity contribution < 1.29 is 0 Å². The Kier molecular flexibility index (Phi) is 1.03. The van der Waals surface area contributed by atoms with E-state index in [4.69, 9.17) is 5.73 Å². The van der Waals surface area contributed by atoms with Gasteiger partial charge in [-0.3, -0.25) is 0 Å². The van der Waals surface area contributed by atoms with E-state index in [1.54, 1.807) is 0 Å². The Balaban J connectivity index is 2.29. The van der Waals surface area contributed by atoms with Gasteiger partial charge in [0.1, 0.15) is 0 Å². The second-order valence-corrected chi connectivity index (χ2v) is 2.00. The van der Waals surface area contributed by atoms with Crippen molar-refractivity contribution in [1.82, 2.24) is 5.06 Å². The lowest BCUT2D eigenvalue weighted by atomic mass is 10.0. The average molecular weight is 101 g/mol. The van der Waals surface area contributed by atoms with Crippen molar-refractivity contribution in [1.29, 1.82) is 0 Å². The zero-order valence-electron chi connectivity index (χ0n) is 4.29. The first-order valence-corrected chi connectivity index (χ1v) is 2.41. The SMILES string of the molecule is CC1C(N)CN1[O-]. The van der Waals surface area contributed by atoms with E-state index in [2.05, 4.69) is 0 Å². The highest BCUT2D eigenvalue weighted by Gasteiger charge is 2.23. The van der Waals surface area contributed by atoms with E-state index in [0.29, 0.717) is 6.54 Å². The molecule has 3 nitrogen and oxygen atoms in total. The Hall–Kier alpha value is -0.120. The van der Waals surface area contributed by atoms with E-state index in [1.807, 2.05) is 6.92 Å². The van der Waals surface area contributed by atoms with Gasteiger partial charge in [0, 0.05) is 18.6 Å². The Morgan fingerprint density at radius 2 is 2.43 bits per heavy atom. The van der Waals surface area contributed by atoms with Crippen LogP contribution in [-0.2, 0) is 0 Å². The summed E-state index contributed by atoms with van der Waals surface area (Å²) >= 11 is 0. The molecule has 2 atom stereocenters. The molecular weight excluding hydrogens is 92.1 g/mol. The fourth-order valence-electron chi connectivity index (χ4n) is 0.602. The van der Waals surface area contributed by atoms with Crippen molar-refractivity contribution in [2.45, 2.75) is 19.0 Å². The summed E-state index contributed by atoms with van der Waals surface area (Å²) in [7, 11) is 0. The number of hydrogen-bond acceptors (Lipinski definition) is 3. The van der Waals surface area contributed by atoms with Gasteiger partial charge in [0.2, 0.25) is 0 Å². The lowest BCUT2D eigenvalue weighted by Crippen LogP contribution is -2.59. The molecule has 2 unspecified atom stereocenters. The summed E-state index contributed by atoms with van der Waals surface area (Å²) in [6, 6.07) is 0.178. The molecule has 0 spiro atoms. The molecule has 0 aromatic rings. The smallest absolute Gasteiger partial charge is 0.0305 e. The Morgan fingerprint density at radius 3 is 2.43 bits per heavy atom. The highest BCUT2D eigenvalue weighted by molar-refractivity contribution is 4.91. The fraction of sp³-hybridized carbons (Fsp3) is 1.00. The number of nitrogens with zero attached hydrogens (tertiary/aromatic N) is 1. The fourth-order valence-corrected chi connectivity index (χ4v) is 0.602. The normalized spacial score (nSPS) is 43.3. The summed E-state index contributed by atoms with van der Waals surface area (Å²) in [6.07, 6.45) is 0. The molecule has 0 aliphatic carbocycles. The highest BCUT2D eigenvalue weighted by atomic mass is 16.5. The monoisotopic (exact) mass is 101 g/mol. The van der Waals surface area contributed by atoms with Gasteiger partial charge in [-0.25, -0.2) is 0 Å². The van der Waals surface area contributed by atoms with Crippen LogP contribution in [0.4, 0.5) is 0 Å². The third-order valence-electron chi connectivity index (χ3n) is 1.46. The molecular formula is C4H9N2O-. The van der Waals surface area contributed by atoms with Crippen LogP contribution in [0.2, 0.25) is 0 Å². The quantitative estimate of drug-likeness (QED) is 0.448. The van der Waals surface area contributed by atoms with Gasteiger partial charge < -0.3 is 16.0 Å². The van der Waals surface area contributed by atoms with Gasteiger partial charge in [-0.2, -0.15) is 0 Å². The lowest BCUT2D eigenvalue weighted by Gasteiger charge is -2.49. The van der Waals surface area contributed by atoms with Crippen LogP contribution in [0.25, 0.3) is 0 Å². The minimum atomic E-state index is 0.0556. The summed E-state index contributed by atoms with van der Waals surface area (Å²) in [4.78, 5) is 0. The van der Waals surface area contributed by atoms with E-state index in [0.717, 1.165) is 5.06 Å². The summed E-state index contributed by atoms with van der Waals surface area (Å²) in [5.74, 6) is 0. The maximum absolute atomic E-state index is 10.3. The largest absolute Gasteiger partial charge is 0.785 e. The predicted molar refractivity (Wildman–Crippen MR) is 27.5 cm³/mol. The van der Waals surface area contributed by atoms with Gasteiger partial charge in [0.15, 0.2) is 0 Å². The first-order valence-electron chi connectivity index (χ1n) is 2.41. The van der Waals surface area contributed by atoms with Gasteiger partial charge in [0.25, 0.3) is 0 Å². The third kappa shape index (κ3) is 0.627. The minimum Gasteiger partial charge on any atom is -0.785 e. The zero-order valence-corrected chi connectivity index (χ0v) is 4.29. The molecule has 1 rings (SSSR count). The lowest BCUT2D eigenvalue weighted by molar-refractivity contribution is 0.136. The van der Waals surface area contributed by atoms with Crippen molar-refractivity contribution in [3.8, 4) is 0 Å². The third-order valence-corrected chi connectivity index (χ3v) is 1.46. The Morgan fingerprint density at radius 1 is 1.86 bits per heavy atom. The Bertz CT molecular complexity index is 68.1. The summed E-state index contributed by atoms with van der Waals surface area (Å²) < 4.78 is 0. The van der Waals surface area contributed by atoms with Crippen LogP contribution < -0.4 is 5.73 Å². The molecule has 1 saturated heterocycles. The predicted octanol–water partition coefficient (Wildman–Crippen LogP) is -0.484. The van der Waals surface area contributed by atoms with Crippen LogP contribution in [0.3, 0.4) is 0 Å². The number of hydroxylamine groups is 2. The molecule has 1 heterocycles. The van der Waals surface area contributed by atoms with E-state index < -0.39 is 0 Å². The molecule has 1 aliphatic heterocycles. The van der Waals surface area contributed by atoms with Crippen LogP contribution in [0.1, 0.15) is 6.92 Å². The second kappa shape index (κ2) is 1.43. The average Bonchev–Trinajstić information content (AvgIpc) is 1.68. The molecule has 0 radical (unpaired) electrons. The molecule has 1 aliphatic rings. The first kappa shape index (κ1) is 5.03. The maximum atomic E-state index is 10.3. The van der Waals surface area contributed by atoms with Crippen molar-refractivity contribution in [2.24, 2.45) is 5.73 Å². The molecule has 0 saturated carbocycles. The summed E-state index contributed by atoms with van der Waals surface area (Å²) in [6.45, 7) is 2.35. The van der Waals surface area contributed by atoms with Gasteiger partial charge in [-0.1, -0.05) is 0 Å². The molecule has 0 amide bonds. The molecule has 0 aromatic carbocycles. The number of hydrogen-bond donors (Lipinski definition) is 1. The topological polar surface area (TPSA) is 52.3 Å². The van der Waals surface area contributed by atoms with E-state index in [9.17, 15) is 5.21 Å². The molecule has 42 valence electrons. The first-order chi connectivity index (χ1) is 3.22. The summed E-state index contributed by atoms with van der Waals surface area (Å²) in [5, 5.41) is 11.3. The summed E-state index contributed by atoms with van der Waals surface area (Å²) in [5.41, 5.74) is 5.37. The molecule has 7 heavy (non-hydrogen) atoms. The van der Waals surface area contributed by atoms with Crippen molar-refractivity contribution in [2.75, 3.05) is 6.54 Å². The molecule has 3 heteroatoms. The second-order valence-electron chi connectivity index (χ2n) is 2.00. The van der Waals surface area contributed by atoms with Crippen molar-refractivity contribution >= 4 is 0 Å². The number of nitrogens with two attached hydrogens (primary N) is 1. The van der Waals surface area contributed by atoms with E-state index in [-0.39, 0.29) is 12.1 Å². The molecule has 1 fully saturated rings. The van der Waals surface area contributed by atoms with E-state index in [1.165, 1.54) is 0 Å². The maximum Gasteiger partial charge on any atom is 0.0305 e. The van der Waals surface area contributed by atoms with Gasteiger partial charge in [-0.15, -0.1) is 0 Å². The van der Waals surface area contributed by atoms with Crippen molar-refractivity contribution in [3.05, 3.63) is 5.21 Å². The number of rotatable bonds is 0. The Labute approximate surface area is 42.7 Å². The van der Waals surface area contributed by atoms with Crippen LogP contribution in [0.5, 0.6) is 0 Å². The van der Waals surface area contributed by atoms with Gasteiger partial charge in [0.05, 0.1) is 0 Å². The van der Waals surface area contributed by atoms with Crippen LogP contribution in [0, 0.1) is 5.21 Å². The van der Waals surface area contributed by atoms with Gasteiger partial charge in [-0.05, 0) is 6.92 Å². The molecule has 0 bridgehead atoms. The minimum absolute atomic E-state index is 0.0556. The van der Waals surface area contributed by atoms with Crippen LogP contribution in [-0.4, -0.2) is 23.7 Å². The molecule has 0 aromatic heterocycles. The van der Waals surface area contributed by atoms with Crippen LogP contribution in [0.15, 0.2) is 0 Å². The zero-order chi connectivity index (χ0) is 5.44.